The third-order valence-corrected chi connectivity index (χ3v) is 6.86. The van der Waals surface area contributed by atoms with Crippen LogP contribution in [-0.2, 0) is 19.4 Å². The molecule has 0 aliphatic carbocycles. The highest BCUT2D eigenvalue weighted by molar-refractivity contribution is 7.15. The molecule has 2 heterocycles. The molecule has 1 aliphatic heterocycles. The molecular weight excluding hydrogens is 444 g/mol. The molecule has 0 unspecified atom stereocenters. The van der Waals surface area contributed by atoms with Gasteiger partial charge in [0.1, 0.15) is 0 Å². The molecule has 0 spiro atoms. The van der Waals surface area contributed by atoms with Crippen molar-refractivity contribution in [1.29, 1.82) is 0 Å². The number of carbonyl (C=O) groups is 1. The second-order valence-electron chi connectivity index (χ2n) is 8.48. The summed E-state index contributed by atoms with van der Waals surface area (Å²) >= 11 is 1.74. The summed E-state index contributed by atoms with van der Waals surface area (Å²) in [6.07, 6.45) is 8.64. The molecule has 2 aromatic carbocycles. The van der Waals surface area contributed by atoms with Crippen molar-refractivity contribution >= 4 is 40.1 Å². The van der Waals surface area contributed by atoms with Crippen molar-refractivity contribution < 1.29 is 4.79 Å². The Bertz CT molecular complexity index is 1200. The summed E-state index contributed by atoms with van der Waals surface area (Å²) in [5, 5.41) is 1.04. The standard InChI is InChI=1S/C26H30N6OS/c1-30(2)26(33)31(3)23-10-7-20-11-14-32(18-21(20)16-23)25-29-17-24(34-25)15-19-5-8-22(9-6-19)28-13-4-12-27/h4-10,12-13,16-17H,11,14-15,18,27H2,1-3H3. The first-order valence-electron chi connectivity index (χ1n) is 11.2. The van der Waals surface area contributed by atoms with Crippen molar-refractivity contribution in [2.75, 3.05) is 37.5 Å². The lowest BCUT2D eigenvalue weighted by molar-refractivity contribution is 0.225. The van der Waals surface area contributed by atoms with Crippen molar-refractivity contribution in [2.45, 2.75) is 19.4 Å². The van der Waals surface area contributed by atoms with Crippen LogP contribution in [-0.4, -0.2) is 49.8 Å². The number of rotatable bonds is 6. The fraction of sp³-hybridized carbons (Fsp3) is 0.269. The average molecular weight is 475 g/mol. The van der Waals surface area contributed by atoms with E-state index in [2.05, 4.69) is 34.2 Å². The van der Waals surface area contributed by atoms with Gasteiger partial charge in [0.15, 0.2) is 5.13 Å². The summed E-state index contributed by atoms with van der Waals surface area (Å²) < 4.78 is 0. The average Bonchev–Trinajstić information content (AvgIpc) is 3.32. The Morgan fingerprint density at radius 3 is 2.71 bits per heavy atom. The quantitative estimate of drug-likeness (QED) is 0.530. The van der Waals surface area contributed by atoms with Gasteiger partial charge in [0.25, 0.3) is 0 Å². The second-order valence-corrected chi connectivity index (χ2v) is 9.57. The number of aliphatic imine (C=N–C) groups is 1. The molecule has 7 nitrogen and oxygen atoms in total. The largest absolute Gasteiger partial charge is 0.405 e. The van der Waals surface area contributed by atoms with Crippen LogP contribution in [0.5, 0.6) is 0 Å². The first kappa shape index (κ1) is 23.5. The van der Waals surface area contributed by atoms with Gasteiger partial charge in [-0.2, -0.15) is 0 Å². The van der Waals surface area contributed by atoms with E-state index in [0.29, 0.717) is 0 Å². The van der Waals surface area contributed by atoms with Gasteiger partial charge in [-0.25, -0.2) is 9.78 Å². The first-order chi connectivity index (χ1) is 16.4. The van der Waals surface area contributed by atoms with E-state index in [9.17, 15) is 4.79 Å². The van der Waals surface area contributed by atoms with Crippen LogP contribution < -0.4 is 15.5 Å². The Hall–Kier alpha value is -3.65. The Morgan fingerprint density at radius 2 is 1.97 bits per heavy atom. The number of nitrogens with zero attached hydrogens (tertiary/aromatic N) is 5. The number of urea groups is 1. The SMILES string of the molecule is CN(C)C(=O)N(C)c1ccc2c(c1)CN(c1ncc(Cc3ccc(N=CC=CN)cc3)s1)CC2. The van der Waals surface area contributed by atoms with Gasteiger partial charge < -0.3 is 15.5 Å². The molecule has 0 fully saturated rings. The van der Waals surface area contributed by atoms with E-state index in [1.807, 2.05) is 31.4 Å². The highest BCUT2D eigenvalue weighted by Gasteiger charge is 2.21. The van der Waals surface area contributed by atoms with Gasteiger partial charge in [-0.15, -0.1) is 11.3 Å². The number of aromatic nitrogens is 1. The van der Waals surface area contributed by atoms with Gasteiger partial charge in [-0.1, -0.05) is 18.2 Å². The van der Waals surface area contributed by atoms with Crippen LogP contribution in [0.3, 0.4) is 0 Å². The summed E-state index contributed by atoms with van der Waals surface area (Å²) in [5.41, 5.74) is 11.0. The molecule has 2 N–H and O–H groups in total. The minimum atomic E-state index is -0.0376. The van der Waals surface area contributed by atoms with E-state index in [1.165, 1.54) is 27.8 Å². The Kier molecular flexibility index (Phi) is 7.27. The molecule has 8 heteroatoms. The van der Waals surface area contributed by atoms with E-state index in [-0.39, 0.29) is 6.03 Å². The summed E-state index contributed by atoms with van der Waals surface area (Å²) in [5.74, 6) is 0. The van der Waals surface area contributed by atoms with Crippen LogP contribution in [0.1, 0.15) is 21.6 Å². The highest BCUT2D eigenvalue weighted by atomic mass is 32.1. The minimum Gasteiger partial charge on any atom is -0.405 e. The molecule has 0 bridgehead atoms. The summed E-state index contributed by atoms with van der Waals surface area (Å²) in [6.45, 7) is 1.74. The molecule has 0 saturated heterocycles. The zero-order valence-electron chi connectivity index (χ0n) is 19.8. The number of thiazole rings is 1. The number of benzene rings is 2. The van der Waals surface area contributed by atoms with Crippen molar-refractivity contribution in [3.05, 3.63) is 82.5 Å². The zero-order chi connectivity index (χ0) is 24.1. The molecule has 1 aliphatic rings. The number of carbonyl (C=O) groups excluding carboxylic acids is 1. The summed E-state index contributed by atoms with van der Waals surface area (Å²) in [6, 6.07) is 14.5. The number of allylic oxidation sites excluding steroid dienone is 1. The molecule has 34 heavy (non-hydrogen) atoms. The van der Waals surface area contributed by atoms with Crippen molar-refractivity contribution in [1.82, 2.24) is 9.88 Å². The fourth-order valence-electron chi connectivity index (χ4n) is 3.93. The predicted octanol–water partition coefficient (Wildman–Crippen LogP) is 4.59. The maximum atomic E-state index is 12.3. The maximum absolute atomic E-state index is 12.3. The molecule has 0 radical (unpaired) electrons. The second kappa shape index (κ2) is 10.5. The van der Waals surface area contributed by atoms with E-state index >= 15 is 0 Å². The van der Waals surface area contributed by atoms with Crippen LogP contribution in [0.4, 0.5) is 21.3 Å². The van der Waals surface area contributed by atoms with E-state index in [0.717, 1.165) is 42.4 Å². The number of hydrogen-bond acceptors (Lipinski definition) is 6. The predicted molar refractivity (Wildman–Crippen MR) is 142 cm³/mol. The number of anilines is 2. The maximum Gasteiger partial charge on any atom is 0.323 e. The van der Waals surface area contributed by atoms with Gasteiger partial charge in [-0.05, 0) is 59.7 Å². The van der Waals surface area contributed by atoms with Crippen LogP contribution in [0.15, 0.2) is 65.9 Å². The van der Waals surface area contributed by atoms with E-state index < -0.39 is 0 Å². The van der Waals surface area contributed by atoms with Gasteiger partial charge >= 0.3 is 6.03 Å². The highest BCUT2D eigenvalue weighted by Crippen LogP contribution is 2.31. The smallest absolute Gasteiger partial charge is 0.323 e. The first-order valence-corrected chi connectivity index (χ1v) is 12.0. The summed E-state index contributed by atoms with van der Waals surface area (Å²) in [7, 11) is 5.35. The number of nitrogens with two attached hydrogens (primary N) is 1. The third-order valence-electron chi connectivity index (χ3n) is 5.81. The number of fused-ring (bicyclic) bond motifs is 1. The minimum absolute atomic E-state index is 0.0376. The topological polar surface area (TPSA) is 78.1 Å². The number of hydrogen-bond donors (Lipinski definition) is 1. The zero-order valence-corrected chi connectivity index (χ0v) is 20.6. The molecule has 4 rings (SSSR count). The van der Waals surface area contributed by atoms with E-state index in [4.69, 9.17) is 10.7 Å². The van der Waals surface area contributed by atoms with Gasteiger partial charge in [-0.3, -0.25) is 9.89 Å². The molecule has 3 aromatic rings. The Balaban J connectivity index is 1.43. The van der Waals surface area contributed by atoms with Crippen LogP contribution in [0.2, 0.25) is 0 Å². The van der Waals surface area contributed by atoms with Crippen molar-refractivity contribution in [2.24, 2.45) is 10.7 Å². The lowest BCUT2D eigenvalue weighted by Crippen LogP contribution is -2.36. The molecule has 0 saturated carbocycles. The van der Waals surface area contributed by atoms with Crippen molar-refractivity contribution in [3.63, 3.8) is 0 Å². The lowest BCUT2D eigenvalue weighted by atomic mass is 9.99. The van der Waals surface area contributed by atoms with Crippen LogP contribution >= 0.6 is 11.3 Å². The summed E-state index contributed by atoms with van der Waals surface area (Å²) in [4.78, 5) is 28.2. The molecule has 2 amide bonds. The fourth-order valence-corrected chi connectivity index (χ4v) is 4.90. The van der Waals surface area contributed by atoms with Gasteiger partial charge in [0.2, 0.25) is 0 Å². The van der Waals surface area contributed by atoms with Gasteiger partial charge in [0, 0.05) is 63.6 Å². The molecule has 1 aromatic heterocycles. The molecular formula is C26H30N6OS. The van der Waals surface area contributed by atoms with E-state index in [1.54, 1.807) is 47.5 Å². The third kappa shape index (κ3) is 5.46. The van der Waals surface area contributed by atoms with Crippen LogP contribution in [0, 0.1) is 0 Å². The van der Waals surface area contributed by atoms with Gasteiger partial charge in [0.05, 0.1) is 5.69 Å². The Morgan fingerprint density at radius 1 is 1.18 bits per heavy atom. The Labute approximate surface area is 204 Å². The number of amides is 2. The van der Waals surface area contributed by atoms with Crippen molar-refractivity contribution in [3.8, 4) is 0 Å². The monoisotopic (exact) mass is 474 g/mol. The lowest BCUT2D eigenvalue weighted by Gasteiger charge is -2.30. The van der Waals surface area contributed by atoms with Crippen LogP contribution in [0.25, 0.3) is 0 Å². The molecule has 0 atom stereocenters. The normalized spacial score (nSPS) is 13.4. The molecule has 176 valence electrons.